The second-order valence-electron chi connectivity index (χ2n) is 9.40. The number of nitrogens with one attached hydrogen (secondary N) is 1. The molecule has 0 aliphatic rings. The van der Waals surface area contributed by atoms with E-state index in [4.69, 9.17) is 4.74 Å². The summed E-state index contributed by atoms with van der Waals surface area (Å²) in [5, 5.41) is 2.79. The van der Waals surface area contributed by atoms with Crippen molar-refractivity contribution in [2.45, 2.75) is 45.9 Å². The molecule has 0 saturated carbocycles. The topological polar surface area (TPSA) is 120 Å². The number of ether oxygens (including phenoxy) is 1. The quantitative estimate of drug-likeness (QED) is 0.470. The lowest BCUT2D eigenvalue weighted by atomic mass is 10.1. The summed E-state index contributed by atoms with van der Waals surface area (Å²) < 4.78 is 9.02. The van der Waals surface area contributed by atoms with Gasteiger partial charge in [0.15, 0.2) is 11.2 Å². The third-order valence-electron chi connectivity index (χ3n) is 5.32. The van der Waals surface area contributed by atoms with Crippen molar-refractivity contribution in [1.29, 1.82) is 0 Å². The molecule has 0 atom stereocenters. The van der Waals surface area contributed by atoms with Crippen molar-refractivity contribution in [1.82, 2.24) is 28.9 Å². The lowest BCUT2D eigenvalue weighted by Crippen LogP contribution is -2.48. The normalized spacial score (nSPS) is 11.6. The molecule has 3 rings (SSSR count). The minimum atomic E-state index is -0.649. The summed E-state index contributed by atoms with van der Waals surface area (Å²) >= 11 is 0. The van der Waals surface area contributed by atoms with Crippen LogP contribution in [0.15, 0.2) is 46.2 Å². The number of carbonyl (C=O) groups excluding carboxylic acids is 2. The van der Waals surface area contributed by atoms with Crippen LogP contribution in [0.3, 0.4) is 0 Å². The molecule has 0 spiro atoms. The fourth-order valence-corrected chi connectivity index (χ4v) is 3.66. The van der Waals surface area contributed by atoms with E-state index in [-0.39, 0.29) is 30.2 Å². The van der Waals surface area contributed by atoms with Crippen molar-refractivity contribution in [3.05, 3.63) is 63.1 Å². The van der Waals surface area contributed by atoms with Crippen molar-refractivity contribution in [3.8, 4) is 0 Å². The number of carbonyl (C=O) groups is 2. The zero-order chi connectivity index (χ0) is 25.8. The Labute approximate surface area is 202 Å². The maximum absolute atomic E-state index is 13.4. The molecule has 1 N–H and O–H groups in total. The Balaban J connectivity index is 2.00. The molecule has 35 heavy (non-hydrogen) atoms. The van der Waals surface area contributed by atoms with E-state index >= 15 is 0 Å². The van der Waals surface area contributed by atoms with Gasteiger partial charge in [0.05, 0.1) is 26.0 Å². The predicted octanol–water partition coefficient (Wildman–Crippen LogP) is 0.428. The van der Waals surface area contributed by atoms with Gasteiger partial charge in [0, 0.05) is 26.2 Å². The Bertz CT molecular complexity index is 1320. The van der Waals surface area contributed by atoms with Gasteiger partial charge in [0.2, 0.25) is 11.8 Å². The fraction of sp³-hybridized carbons (Fsp3) is 0.458. The molecule has 1 aromatic carbocycles. The minimum absolute atomic E-state index is 0.176. The van der Waals surface area contributed by atoms with Crippen LogP contribution in [-0.2, 0) is 34.0 Å². The first-order chi connectivity index (χ1) is 16.5. The van der Waals surface area contributed by atoms with Crippen LogP contribution in [0.4, 0.5) is 0 Å². The van der Waals surface area contributed by atoms with Crippen molar-refractivity contribution >= 4 is 23.0 Å². The Morgan fingerprint density at radius 2 is 1.80 bits per heavy atom. The lowest BCUT2D eigenvalue weighted by molar-refractivity contribution is -0.135. The number of rotatable bonds is 9. The van der Waals surface area contributed by atoms with E-state index in [9.17, 15) is 19.2 Å². The summed E-state index contributed by atoms with van der Waals surface area (Å²) in [5.74, 6) is -0.878. The van der Waals surface area contributed by atoms with E-state index in [2.05, 4.69) is 10.3 Å². The molecular weight excluding hydrogens is 452 g/mol. The maximum Gasteiger partial charge on any atom is 0.333 e. The van der Waals surface area contributed by atoms with Crippen molar-refractivity contribution in [2.75, 3.05) is 27.3 Å². The van der Waals surface area contributed by atoms with Crippen molar-refractivity contribution in [3.63, 3.8) is 0 Å². The summed E-state index contributed by atoms with van der Waals surface area (Å²) in [4.78, 5) is 57.4. The number of aromatic nitrogens is 4. The average molecular weight is 485 g/mol. The molecule has 2 amide bonds. The molecule has 0 radical (unpaired) electrons. The van der Waals surface area contributed by atoms with E-state index < -0.39 is 29.2 Å². The van der Waals surface area contributed by atoms with Gasteiger partial charge in [-0.3, -0.25) is 19.0 Å². The highest BCUT2D eigenvalue weighted by Gasteiger charge is 2.23. The van der Waals surface area contributed by atoms with E-state index in [1.165, 1.54) is 22.8 Å². The first-order valence-electron chi connectivity index (χ1n) is 11.3. The number of fused-ring (bicyclic) bond motifs is 1. The molecule has 11 heteroatoms. The number of amides is 2. The molecule has 2 heterocycles. The van der Waals surface area contributed by atoms with E-state index in [0.717, 1.165) is 10.1 Å². The molecule has 0 aliphatic carbocycles. The van der Waals surface area contributed by atoms with Crippen molar-refractivity contribution < 1.29 is 14.3 Å². The van der Waals surface area contributed by atoms with Gasteiger partial charge >= 0.3 is 5.69 Å². The third kappa shape index (κ3) is 6.24. The molecule has 0 aliphatic heterocycles. The number of benzene rings is 1. The Kier molecular flexibility index (Phi) is 7.90. The van der Waals surface area contributed by atoms with Gasteiger partial charge in [-0.2, -0.15) is 0 Å². The number of imidazole rings is 1. The highest BCUT2D eigenvalue weighted by Crippen LogP contribution is 2.10. The van der Waals surface area contributed by atoms with Gasteiger partial charge in [-0.15, -0.1) is 0 Å². The molecule has 0 unspecified atom stereocenters. The van der Waals surface area contributed by atoms with Gasteiger partial charge in [-0.05, 0) is 26.3 Å². The summed E-state index contributed by atoms with van der Waals surface area (Å²) in [6, 6.07) is 9.30. The van der Waals surface area contributed by atoms with E-state index in [1.54, 1.807) is 11.7 Å². The first kappa shape index (κ1) is 25.9. The van der Waals surface area contributed by atoms with Gasteiger partial charge in [-0.25, -0.2) is 14.3 Å². The van der Waals surface area contributed by atoms with Crippen LogP contribution in [0, 0.1) is 0 Å². The van der Waals surface area contributed by atoms with E-state index in [1.807, 2.05) is 51.1 Å². The first-order valence-corrected chi connectivity index (χ1v) is 11.3. The molecule has 2 aromatic heterocycles. The van der Waals surface area contributed by atoms with Crippen LogP contribution >= 0.6 is 0 Å². The zero-order valence-corrected chi connectivity index (χ0v) is 20.8. The SMILES string of the molecule is COCCn1cnc2c1c(=O)n(CC(=O)N(C)CC(=O)NC(C)(C)C)c(=O)n2Cc1ccccc1. The zero-order valence-electron chi connectivity index (χ0n) is 20.8. The smallest absolute Gasteiger partial charge is 0.333 e. The molecule has 0 saturated heterocycles. The van der Waals surface area contributed by atoms with Gasteiger partial charge in [0.25, 0.3) is 5.56 Å². The lowest BCUT2D eigenvalue weighted by Gasteiger charge is -2.23. The van der Waals surface area contributed by atoms with Gasteiger partial charge in [0.1, 0.15) is 6.54 Å². The fourth-order valence-electron chi connectivity index (χ4n) is 3.66. The van der Waals surface area contributed by atoms with Crippen LogP contribution in [0.25, 0.3) is 11.2 Å². The van der Waals surface area contributed by atoms with Crippen molar-refractivity contribution in [2.24, 2.45) is 0 Å². The van der Waals surface area contributed by atoms with E-state index in [0.29, 0.717) is 13.2 Å². The van der Waals surface area contributed by atoms with Crippen LogP contribution in [0.5, 0.6) is 0 Å². The number of methoxy groups -OCH3 is 1. The highest BCUT2D eigenvalue weighted by molar-refractivity contribution is 5.85. The molecule has 11 nitrogen and oxygen atoms in total. The van der Waals surface area contributed by atoms with Crippen LogP contribution in [-0.4, -0.2) is 68.2 Å². The number of hydrogen-bond acceptors (Lipinski definition) is 6. The second-order valence-corrected chi connectivity index (χ2v) is 9.40. The average Bonchev–Trinajstić information content (AvgIpc) is 3.21. The largest absolute Gasteiger partial charge is 0.383 e. The number of likely N-dealkylation sites (N-methyl/N-ethyl adjacent to an activating group) is 1. The molecular formula is C24H32N6O5. The maximum atomic E-state index is 13.4. The Morgan fingerprint density at radius 3 is 2.43 bits per heavy atom. The Hall–Kier alpha value is -3.73. The highest BCUT2D eigenvalue weighted by atomic mass is 16.5. The van der Waals surface area contributed by atoms with Crippen LogP contribution in [0.2, 0.25) is 0 Å². The minimum Gasteiger partial charge on any atom is -0.383 e. The van der Waals surface area contributed by atoms with Gasteiger partial charge in [-0.1, -0.05) is 30.3 Å². The predicted molar refractivity (Wildman–Crippen MR) is 131 cm³/mol. The summed E-state index contributed by atoms with van der Waals surface area (Å²) in [5.41, 5.74) is -0.433. The molecule has 0 fully saturated rings. The summed E-state index contributed by atoms with van der Waals surface area (Å²) in [7, 11) is 3.01. The monoisotopic (exact) mass is 484 g/mol. The third-order valence-corrected chi connectivity index (χ3v) is 5.32. The van der Waals surface area contributed by atoms with Crippen LogP contribution in [0.1, 0.15) is 26.3 Å². The second kappa shape index (κ2) is 10.7. The number of nitrogens with zero attached hydrogens (tertiary/aromatic N) is 5. The number of hydrogen-bond donors (Lipinski definition) is 1. The van der Waals surface area contributed by atoms with Gasteiger partial charge < -0.3 is 19.5 Å². The molecule has 3 aromatic rings. The molecule has 0 bridgehead atoms. The summed E-state index contributed by atoms with van der Waals surface area (Å²) in [6.07, 6.45) is 1.49. The van der Waals surface area contributed by atoms with Crippen LogP contribution < -0.4 is 16.6 Å². The Morgan fingerprint density at radius 1 is 1.11 bits per heavy atom. The molecule has 188 valence electrons. The standard InChI is InChI=1S/C24H32N6O5/c1-24(2,3)26-18(31)14-27(4)19(32)15-30-22(33)20-21(25-16-28(20)11-12-35-5)29(23(30)34)13-17-9-7-6-8-10-17/h6-10,16H,11-15H2,1-5H3,(H,26,31). The summed E-state index contributed by atoms with van der Waals surface area (Å²) in [6.45, 7) is 5.68.